The number of hydrogen-bond acceptors (Lipinski definition) is 2. The van der Waals surface area contributed by atoms with Gasteiger partial charge >= 0.3 is 0 Å². The van der Waals surface area contributed by atoms with E-state index < -0.39 is 0 Å². The number of benzene rings is 1. The van der Waals surface area contributed by atoms with Gasteiger partial charge in [-0.3, -0.25) is 4.79 Å². The van der Waals surface area contributed by atoms with Crippen LogP contribution in [-0.2, 0) is 6.42 Å². The van der Waals surface area contributed by atoms with Crippen LogP contribution < -0.4 is 5.73 Å². The maximum Gasteiger partial charge on any atom is 0.165 e. The molecule has 0 bridgehead atoms. The molecule has 0 unspecified atom stereocenters. The minimum atomic E-state index is 0.208. The van der Waals surface area contributed by atoms with Crippen molar-refractivity contribution in [2.24, 2.45) is 0 Å². The number of nitrogens with two attached hydrogens (primary N) is 1. The maximum atomic E-state index is 11.5. The molecule has 0 spiro atoms. The molecule has 0 atom stereocenters. The Balaban J connectivity index is 2.77. The average molecular weight is 175 g/mol. The van der Waals surface area contributed by atoms with Crippen LogP contribution in [0.2, 0.25) is 0 Å². The van der Waals surface area contributed by atoms with Gasteiger partial charge in [-0.05, 0) is 37.0 Å². The van der Waals surface area contributed by atoms with Gasteiger partial charge in [0.15, 0.2) is 5.78 Å². The minimum Gasteiger partial charge on any atom is -0.398 e. The smallest absolute Gasteiger partial charge is 0.165 e. The third kappa shape index (κ3) is 1.05. The summed E-state index contributed by atoms with van der Waals surface area (Å²) in [5.41, 5.74) is 10.7. The van der Waals surface area contributed by atoms with Gasteiger partial charge in [-0.2, -0.15) is 0 Å². The molecule has 2 nitrogen and oxygen atoms in total. The molecule has 2 rings (SSSR count). The Morgan fingerprint density at radius 1 is 1.23 bits per heavy atom. The van der Waals surface area contributed by atoms with Crippen LogP contribution in [-0.4, -0.2) is 5.78 Å². The van der Waals surface area contributed by atoms with E-state index in [4.69, 9.17) is 5.73 Å². The number of hydrogen-bond donors (Lipinski definition) is 1. The number of rotatable bonds is 0. The van der Waals surface area contributed by atoms with E-state index in [0.29, 0.717) is 12.1 Å². The molecule has 0 aromatic heterocycles. The Kier molecular flexibility index (Phi) is 1.65. The van der Waals surface area contributed by atoms with Crippen LogP contribution in [0.5, 0.6) is 0 Å². The number of carbonyl (C=O) groups excluding carboxylic acids is 1. The van der Waals surface area contributed by atoms with Crippen molar-refractivity contribution >= 4 is 11.5 Å². The van der Waals surface area contributed by atoms with Crippen LogP contribution in [0.4, 0.5) is 5.69 Å². The second kappa shape index (κ2) is 2.59. The van der Waals surface area contributed by atoms with Crippen molar-refractivity contribution in [1.82, 2.24) is 0 Å². The summed E-state index contributed by atoms with van der Waals surface area (Å²) >= 11 is 0. The van der Waals surface area contributed by atoms with E-state index in [9.17, 15) is 4.79 Å². The van der Waals surface area contributed by atoms with Crippen molar-refractivity contribution in [3.8, 4) is 0 Å². The minimum absolute atomic E-state index is 0.208. The fourth-order valence-electron chi connectivity index (χ4n) is 2.05. The first-order valence-corrected chi connectivity index (χ1v) is 4.53. The van der Waals surface area contributed by atoms with Crippen LogP contribution in [0.3, 0.4) is 0 Å². The second-order valence-electron chi connectivity index (χ2n) is 3.70. The molecule has 0 fully saturated rings. The Morgan fingerprint density at radius 2 is 1.92 bits per heavy atom. The van der Waals surface area contributed by atoms with Crippen LogP contribution in [0.1, 0.15) is 33.5 Å². The summed E-state index contributed by atoms with van der Waals surface area (Å²) in [6.45, 7) is 4.00. The summed E-state index contributed by atoms with van der Waals surface area (Å²) in [4.78, 5) is 11.5. The predicted molar refractivity (Wildman–Crippen MR) is 53.0 cm³/mol. The molecule has 1 aliphatic rings. The van der Waals surface area contributed by atoms with Crippen molar-refractivity contribution in [3.05, 3.63) is 28.3 Å². The number of fused-ring (bicyclic) bond motifs is 1. The van der Waals surface area contributed by atoms with Gasteiger partial charge in [0.25, 0.3) is 0 Å². The molecule has 0 heterocycles. The molecular formula is C11H13NO. The third-order valence-electron chi connectivity index (χ3n) is 2.79. The molecule has 0 saturated carbocycles. The van der Waals surface area contributed by atoms with E-state index in [1.54, 1.807) is 0 Å². The van der Waals surface area contributed by atoms with Gasteiger partial charge < -0.3 is 5.73 Å². The average Bonchev–Trinajstić information content (AvgIpc) is 2.44. The third-order valence-corrected chi connectivity index (χ3v) is 2.79. The van der Waals surface area contributed by atoms with Crippen molar-refractivity contribution in [3.63, 3.8) is 0 Å². The number of anilines is 1. The van der Waals surface area contributed by atoms with Gasteiger partial charge in [0.05, 0.1) is 0 Å². The molecule has 2 N–H and O–H groups in total. The summed E-state index contributed by atoms with van der Waals surface area (Å²) in [5.74, 6) is 0.208. The second-order valence-corrected chi connectivity index (χ2v) is 3.70. The fraction of sp³-hybridized carbons (Fsp3) is 0.364. The number of Topliss-reactive ketones (excluding diaryl/α,β-unsaturated/α-hetero) is 1. The topological polar surface area (TPSA) is 43.1 Å². The Bertz CT molecular complexity index is 394. The monoisotopic (exact) mass is 175 g/mol. The van der Waals surface area contributed by atoms with E-state index >= 15 is 0 Å². The van der Waals surface area contributed by atoms with Crippen molar-refractivity contribution in [2.45, 2.75) is 26.7 Å². The van der Waals surface area contributed by atoms with Gasteiger partial charge in [-0.1, -0.05) is 6.07 Å². The van der Waals surface area contributed by atoms with Crippen molar-refractivity contribution in [2.75, 3.05) is 5.73 Å². The van der Waals surface area contributed by atoms with Gasteiger partial charge in [-0.15, -0.1) is 0 Å². The lowest BCUT2D eigenvalue weighted by molar-refractivity contribution is 0.0995. The van der Waals surface area contributed by atoms with Crippen molar-refractivity contribution in [1.29, 1.82) is 0 Å². The zero-order chi connectivity index (χ0) is 9.59. The SMILES string of the molecule is Cc1cc(C)c2c(c1N)C(=O)CC2. The molecule has 0 amide bonds. The number of ketones is 1. The van der Waals surface area contributed by atoms with Gasteiger partial charge in [0.2, 0.25) is 0 Å². The molecule has 0 radical (unpaired) electrons. The zero-order valence-corrected chi connectivity index (χ0v) is 7.98. The normalized spacial score (nSPS) is 14.8. The summed E-state index contributed by atoms with van der Waals surface area (Å²) in [6.07, 6.45) is 1.49. The highest BCUT2D eigenvalue weighted by Crippen LogP contribution is 2.32. The largest absolute Gasteiger partial charge is 0.398 e. The van der Waals surface area contributed by atoms with Gasteiger partial charge in [0.1, 0.15) is 0 Å². The Labute approximate surface area is 77.8 Å². The van der Waals surface area contributed by atoms with E-state index in [2.05, 4.69) is 6.07 Å². The van der Waals surface area contributed by atoms with Crippen LogP contribution >= 0.6 is 0 Å². The van der Waals surface area contributed by atoms with Crippen LogP contribution in [0, 0.1) is 13.8 Å². The standard InChI is InChI=1S/C11H13NO/c1-6-5-7(2)11(12)10-8(6)3-4-9(10)13/h5H,3-4,12H2,1-2H3. The maximum absolute atomic E-state index is 11.5. The molecule has 0 aliphatic heterocycles. The van der Waals surface area contributed by atoms with E-state index in [1.165, 1.54) is 5.56 Å². The molecule has 1 aliphatic carbocycles. The first-order valence-electron chi connectivity index (χ1n) is 4.53. The summed E-state index contributed by atoms with van der Waals surface area (Å²) in [5, 5.41) is 0. The Hall–Kier alpha value is -1.31. The fourth-order valence-corrected chi connectivity index (χ4v) is 2.05. The highest BCUT2D eigenvalue weighted by Gasteiger charge is 2.24. The predicted octanol–water partition coefficient (Wildman–Crippen LogP) is 2.01. The molecular weight excluding hydrogens is 162 g/mol. The molecule has 1 aromatic carbocycles. The van der Waals surface area contributed by atoms with Gasteiger partial charge in [0, 0.05) is 17.7 Å². The highest BCUT2D eigenvalue weighted by molar-refractivity contribution is 6.05. The van der Waals surface area contributed by atoms with Crippen molar-refractivity contribution < 1.29 is 4.79 Å². The Morgan fingerprint density at radius 3 is 2.62 bits per heavy atom. The molecule has 0 saturated heterocycles. The number of carbonyl (C=O) groups is 1. The van der Waals surface area contributed by atoms with Crippen LogP contribution in [0.15, 0.2) is 6.07 Å². The molecule has 68 valence electrons. The first kappa shape index (κ1) is 8.30. The quantitative estimate of drug-likeness (QED) is 0.613. The number of nitrogen functional groups attached to an aromatic ring is 1. The summed E-state index contributed by atoms with van der Waals surface area (Å²) in [6, 6.07) is 2.06. The van der Waals surface area contributed by atoms with E-state index in [0.717, 1.165) is 23.1 Å². The lowest BCUT2D eigenvalue weighted by Crippen LogP contribution is -2.02. The molecule has 1 aromatic rings. The molecule has 2 heteroatoms. The van der Waals surface area contributed by atoms with E-state index in [1.807, 2.05) is 13.8 Å². The summed E-state index contributed by atoms with van der Waals surface area (Å²) in [7, 11) is 0. The van der Waals surface area contributed by atoms with E-state index in [-0.39, 0.29) is 5.78 Å². The molecule has 13 heavy (non-hydrogen) atoms. The number of aryl methyl sites for hydroxylation is 2. The lowest BCUT2D eigenvalue weighted by Gasteiger charge is -2.09. The lowest BCUT2D eigenvalue weighted by atomic mass is 9.99. The summed E-state index contributed by atoms with van der Waals surface area (Å²) < 4.78 is 0. The van der Waals surface area contributed by atoms with Gasteiger partial charge in [-0.25, -0.2) is 0 Å². The first-order chi connectivity index (χ1) is 6.11. The highest BCUT2D eigenvalue weighted by atomic mass is 16.1. The van der Waals surface area contributed by atoms with Crippen LogP contribution in [0.25, 0.3) is 0 Å². The zero-order valence-electron chi connectivity index (χ0n) is 7.98.